The van der Waals surface area contributed by atoms with Crippen LogP contribution >= 0.6 is 14.5 Å². The fourth-order valence-electron chi connectivity index (χ4n) is 5.21. The predicted octanol–water partition coefficient (Wildman–Crippen LogP) is -0.873. The van der Waals surface area contributed by atoms with Crippen LogP contribution in [-0.2, 0) is 39.4 Å². The Morgan fingerprint density at radius 2 is 1.80 bits per heavy atom. The van der Waals surface area contributed by atoms with E-state index in [-0.39, 0.29) is 46.9 Å². The molecule has 0 bridgehead atoms. The molecule has 2 aliphatic rings. The average Bonchev–Trinajstić information content (AvgIpc) is 3.75. The van der Waals surface area contributed by atoms with E-state index in [4.69, 9.17) is 34.5 Å². The minimum absolute atomic E-state index is 0.0469. The molecule has 2 fully saturated rings. The van der Waals surface area contributed by atoms with Crippen LogP contribution in [0.3, 0.4) is 0 Å². The van der Waals surface area contributed by atoms with Crippen LogP contribution < -0.4 is 17.0 Å². The van der Waals surface area contributed by atoms with Gasteiger partial charge < -0.3 is 45.3 Å². The second-order valence-electron chi connectivity index (χ2n) is 10.4. The lowest BCUT2D eigenvalue weighted by Gasteiger charge is -2.33. The molecule has 2 aliphatic heterocycles. The molecule has 46 heavy (non-hydrogen) atoms. The van der Waals surface area contributed by atoms with Gasteiger partial charge in [-0.05, 0) is 11.8 Å². The second-order valence-corrected chi connectivity index (χ2v) is 14.5. The summed E-state index contributed by atoms with van der Waals surface area (Å²) in [7, 11) is -5.07. The zero-order chi connectivity index (χ0) is 33.0. The van der Waals surface area contributed by atoms with E-state index in [1.165, 1.54) is 28.1 Å². The number of halogens is 1. The van der Waals surface area contributed by atoms with Gasteiger partial charge in [0.05, 0.1) is 32.5 Å². The van der Waals surface area contributed by atoms with Gasteiger partial charge in [-0.25, -0.2) is 28.9 Å². The summed E-state index contributed by atoms with van der Waals surface area (Å²) < 4.78 is 58.0. The monoisotopic (exact) mass is 708 g/mol. The maximum atomic E-state index is 15.0. The highest BCUT2D eigenvalue weighted by molar-refractivity contribution is 8.06. The zero-order valence-corrected chi connectivity index (χ0v) is 25.9. The van der Waals surface area contributed by atoms with Gasteiger partial charge in [-0.15, -0.1) is 0 Å². The van der Waals surface area contributed by atoms with Gasteiger partial charge in [-0.3, -0.25) is 28.0 Å². The number of nitrogen functional groups attached to an aromatic ring is 2. The van der Waals surface area contributed by atoms with Gasteiger partial charge in [-0.2, -0.15) is 4.98 Å². The van der Waals surface area contributed by atoms with Crippen molar-refractivity contribution in [1.29, 1.82) is 0 Å². The molecule has 0 saturated carbocycles. The van der Waals surface area contributed by atoms with Gasteiger partial charge in [0.1, 0.15) is 48.3 Å². The number of aromatic amines is 1. The number of ether oxygens (including phenoxy) is 2. The number of aliphatic hydroxyl groups excluding tert-OH is 1. The van der Waals surface area contributed by atoms with E-state index in [0.717, 1.165) is 0 Å². The van der Waals surface area contributed by atoms with Crippen LogP contribution in [0.15, 0.2) is 23.8 Å². The summed E-state index contributed by atoms with van der Waals surface area (Å²) in [6, 6.07) is 0. The summed E-state index contributed by atoms with van der Waals surface area (Å²) in [6.45, 7) is -6.73. The molecule has 4 aromatic rings. The van der Waals surface area contributed by atoms with Crippen molar-refractivity contribution in [3.8, 4) is 0 Å². The van der Waals surface area contributed by atoms with E-state index in [9.17, 15) is 29.1 Å². The summed E-state index contributed by atoms with van der Waals surface area (Å²) in [4.78, 5) is 64.5. The minimum atomic E-state index is -5.07. The number of nitrogens with one attached hydrogen (secondary N) is 1. The number of aromatic nitrogens is 8. The number of aliphatic hydroxyl groups is 1. The second kappa shape index (κ2) is 12.2. The lowest BCUT2D eigenvalue weighted by molar-refractivity contribution is -0.144. The normalized spacial score (nSPS) is 28.3. The first-order valence-corrected chi connectivity index (χ1v) is 17.4. The standard InChI is InChI=1S/C21H27FN10O11P2S/c22-9-1-12(31-8-28-15-18(31)29-20(24)30-19(15)34)41-10(9)3-39-44(35,36)43-11-2-13(42-21(11,4-33)5-40-45(37,38)46)32-7-27-14-16(23)25-6-26-17(14)32/h6-13,33H,1-5H2,(H,35,36)(H2,23,25,26)(H2,37,38,46)(H3,24,29,30,34)/t9-,10-,11+,12-,13-,21?/m1/s1. The SMILES string of the molecule is Nc1nc2c(ncn2[C@H]2C[C@@H](F)[C@@H](COP(=O)(O)O[C@H]3C[C@H](n4cnc5c(N)ncnc54)OC3(CO)COP(O)(O)=S)O2)c(=O)[nH]1. The van der Waals surface area contributed by atoms with Crippen molar-refractivity contribution < 1.29 is 51.8 Å². The Bertz CT molecular complexity index is 1920. The van der Waals surface area contributed by atoms with Crippen molar-refractivity contribution >= 4 is 60.4 Å². The highest BCUT2D eigenvalue weighted by Crippen LogP contribution is 2.53. The van der Waals surface area contributed by atoms with Crippen LogP contribution in [0.4, 0.5) is 16.2 Å². The molecule has 9 N–H and O–H groups in total. The fourth-order valence-corrected chi connectivity index (χ4v) is 6.75. The number of fused-ring (bicyclic) bond motifs is 2. The lowest BCUT2D eigenvalue weighted by atomic mass is 9.99. The van der Waals surface area contributed by atoms with Crippen LogP contribution in [-0.4, -0.2) is 103 Å². The van der Waals surface area contributed by atoms with E-state index >= 15 is 4.39 Å². The summed E-state index contributed by atoms with van der Waals surface area (Å²) >= 11 is 4.51. The van der Waals surface area contributed by atoms with Crippen LogP contribution in [0.1, 0.15) is 25.3 Å². The first kappa shape index (κ1) is 32.9. The van der Waals surface area contributed by atoms with E-state index < -0.39 is 76.4 Å². The number of imidazole rings is 2. The van der Waals surface area contributed by atoms with Gasteiger partial charge in [0, 0.05) is 12.8 Å². The molecular formula is C21H27FN10O11P2S. The largest absolute Gasteiger partial charge is 0.472 e. The van der Waals surface area contributed by atoms with Crippen LogP contribution in [0.5, 0.6) is 0 Å². The third kappa shape index (κ3) is 6.41. The van der Waals surface area contributed by atoms with Gasteiger partial charge >= 0.3 is 14.5 Å². The summed E-state index contributed by atoms with van der Waals surface area (Å²) in [5, 5.41) is 10.4. The molecule has 2 saturated heterocycles. The number of rotatable bonds is 11. The number of phosphoric acid groups is 1. The molecule has 0 radical (unpaired) electrons. The molecule has 4 aromatic heterocycles. The zero-order valence-electron chi connectivity index (χ0n) is 23.3. The van der Waals surface area contributed by atoms with Crippen LogP contribution in [0, 0.1) is 0 Å². The molecule has 0 spiro atoms. The molecule has 7 atom stereocenters. The summed E-state index contributed by atoms with van der Waals surface area (Å²) in [5.41, 5.74) is 9.33. The average molecular weight is 709 g/mol. The van der Waals surface area contributed by atoms with Crippen molar-refractivity contribution in [2.75, 3.05) is 31.3 Å². The highest BCUT2D eigenvalue weighted by Gasteiger charge is 2.54. The number of nitrogens with zero attached hydrogens (tertiary/aromatic N) is 7. The molecular weight excluding hydrogens is 681 g/mol. The Labute approximate surface area is 261 Å². The first-order chi connectivity index (χ1) is 21.7. The molecule has 0 aliphatic carbocycles. The lowest BCUT2D eigenvalue weighted by Crippen LogP contribution is -2.48. The number of alkyl halides is 1. The topological polar surface area (TPSA) is 303 Å². The Balaban J connectivity index is 1.18. The maximum Gasteiger partial charge on any atom is 0.472 e. The molecule has 250 valence electrons. The van der Waals surface area contributed by atoms with Gasteiger partial charge in [-0.1, -0.05) is 0 Å². The van der Waals surface area contributed by atoms with Crippen molar-refractivity contribution in [3.05, 3.63) is 29.3 Å². The number of nitrogens with two attached hydrogens (primary N) is 2. The third-order valence-electron chi connectivity index (χ3n) is 7.40. The highest BCUT2D eigenvalue weighted by atomic mass is 32.5. The quantitative estimate of drug-likeness (QED) is 0.0931. The Hall–Kier alpha value is -3.05. The number of H-pyrrole nitrogens is 1. The van der Waals surface area contributed by atoms with Gasteiger partial charge in [0.15, 0.2) is 22.6 Å². The molecule has 2 unspecified atom stereocenters. The Kier molecular flexibility index (Phi) is 8.72. The van der Waals surface area contributed by atoms with Crippen molar-refractivity contribution in [3.63, 3.8) is 0 Å². The van der Waals surface area contributed by atoms with Crippen molar-refractivity contribution in [1.82, 2.24) is 39.0 Å². The summed E-state index contributed by atoms with van der Waals surface area (Å²) in [6.07, 6.45) is -3.39. The van der Waals surface area contributed by atoms with E-state index in [0.29, 0.717) is 0 Å². The Morgan fingerprint density at radius 1 is 1.09 bits per heavy atom. The fraction of sp³-hybridized carbons (Fsp3) is 0.524. The number of phosphoric ester groups is 1. The van der Waals surface area contributed by atoms with Crippen molar-refractivity contribution in [2.45, 2.75) is 49.3 Å². The smallest absolute Gasteiger partial charge is 0.393 e. The molecule has 6 heterocycles. The number of hydrogen-bond acceptors (Lipinski definition) is 16. The van der Waals surface area contributed by atoms with Gasteiger partial charge in [0.2, 0.25) is 5.95 Å². The molecule has 0 amide bonds. The van der Waals surface area contributed by atoms with Crippen LogP contribution in [0.25, 0.3) is 22.3 Å². The molecule has 0 aromatic carbocycles. The number of anilines is 2. The van der Waals surface area contributed by atoms with Crippen molar-refractivity contribution in [2.24, 2.45) is 0 Å². The van der Waals surface area contributed by atoms with Crippen LogP contribution in [0.2, 0.25) is 0 Å². The van der Waals surface area contributed by atoms with E-state index in [1.54, 1.807) is 0 Å². The van der Waals surface area contributed by atoms with E-state index in [2.05, 4.69) is 41.7 Å². The molecule has 25 heteroatoms. The third-order valence-corrected chi connectivity index (χ3v) is 9.18. The van der Waals surface area contributed by atoms with E-state index in [1.807, 2.05) is 0 Å². The number of hydrogen-bond donors (Lipinski definition) is 7. The minimum Gasteiger partial charge on any atom is -0.393 e. The first-order valence-electron chi connectivity index (χ1n) is 13.3. The predicted molar refractivity (Wildman–Crippen MR) is 156 cm³/mol. The maximum absolute atomic E-state index is 15.0. The Morgan fingerprint density at radius 3 is 2.52 bits per heavy atom. The van der Waals surface area contributed by atoms with Gasteiger partial charge in [0.25, 0.3) is 5.56 Å². The summed E-state index contributed by atoms with van der Waals surface area (Å²) in [5.74, 6) is -0.120. The molecule has 6 rings (SSSR count). The molecule has 21 nitrogen and oxygen atoms in total.